The molecule has 0 aliphatic carbocycles. The number of methoxy groups -OCH3 is 1. The molecule has 2 amide bonds. The van der Waals surface area contributed by atoms with Gasteiger partial charge in [-0.25, -0.2) is 9.78 Å². The first-order chi connectivity index (χ1) is 7.74. The highest BCUT2D eigenvalue weighted by Crippen LogP contribution is 1.88. The molecule has 0 aliphatic heterocycles. The maximum absolute atomic E-state index is 11.4. The summed E-state index contributed by atoms with van der Waals surface area (Å²) in [5.74, 6) is -0.334. The van der Waals surface area contributed by atoms with Crippen LogP contribution in [0.5, 0.6) is 0 Å². The van der Waals surface area contributed by atoms with E-state index in [-0.39, 0.29) is 11.6 Å². The Kier molecular flexibility index (Phi) is 4.71. The molecule has 0 saturated heterocycles. The number of hydrogen-bond donors (Lipinski definition) is 2. The summed E-state index contributed by atoms with van der Waals surface area (Å²) in [6, 6.07) is 0. The third-order valence-electron chi connectivity index (χ3n) is 1.66. The van der Waals surface area contributed by atoms with Gasteiger partial charge in [-0.05, 0) is 0 Å². The van der Waals surface area contributed by atoms with E-state index in [1.807, 2.05) is 0 Å². The van der Waals surface area contributed by atoms with Gasteiger partial charge in [-0.15, -0.1) is 0 Å². The molecule has 0 fully saturated rings. The van der Waals surface area contributed by atoms with Crippen molar-refractivity contribution in [1.82, 2.24) is 20.6 Å². The second-order valence-electron chi connectivity index (χ2n) is 2.76. The van der Waals surface area contributed by atoms with Crippen molar-refractivity contribution in [2.75, 3.05) is 20.2 Å². The smallest absolute Gasteiger partial charge is 0.406 e. The molecule has 16 heavy (non-hydrogen) atoms. The van der Waals surface area contributed by atoms with Gasteiger partial charge < -0.3 is 15.4 Å². The molecule has 0 aromatic carbocycles. The average Bonchev–Trinajstić information content (AvgIpc) is 2.35. The molecule has 0 spiro atoms. The molecule has 1 heterocycles. The Bertz CT molecular complexity index is 355. The second kappa shape index (κ2) is 6.33. The maximum Gasteiger partial charge on any atom is 0.406 e. The molecule has 0 radical (unpaired) electrons. The maximum atomic E-state index is 11.4. The summed E-state index contributed by atoms with van der Waals surface area (Å²) in [6.45, 7) is 0.586. The fourth-order valence-electron chi connectivity index (χ4n) is 0.920. The van der Waals surface area contributed by atoms with Crippen LogP contribution in [0.1, 0.15) is 10.5 Å². The monoisotopic (exact) mass is 224 g/mol. The van der Waals surface area contributed by atoms with Crippen molar-refractivity contribution in [3.63, 3.8) is 0 Å². The Morgan fingerprint density at radius 3 is 2.69 bits per heavy atom. The topological polar surface area (TPSA) is 93.2 Å². The second-order valence-corrected chi connectivity index (χ2v) is 2.76. The summed E-state index contributed by atoms with van der Waals surface area (Å²) < 4.78 is 4.36. The summed E-state index contributed by atoms with van der Waals surface area (Å²) in [4.78, 5) is 29.6. The van der Waals surface area contributed by atoms with Crippen LogP contribution >= 0.6 is 0 Å². The van der Waals surface area contributed by atoms with Gasteiger partial charge in [-0.3, -0.25) is 9.78 Å². The van der Waals surface area contributed by atoms with Crippen LogP contribution in [0.2, 0.25) is 0 Å². The van der Waals surface area contributed by atoms with Gasteiger partial charge in [0.1, 0.15) is 5.69 Å². The van der Waals surface area contributed by atoms with E-state index in [9.17, 15) is 9.59 Å². The largest absolute Gasteiger partial charge is 0.453 e. The first-order valence-electron chi connectivity index (χ1n) is 4.60. The molecule has 1 aromatic heterocycles. The molecular weight excluding hydrogens is 212 g/mol. The Labute approximate surface area is 92.2 Å². The van der Waals surface area contributed by atoms with Crippen LogP contribution in [0, 0.1) is 0 Å². The van der Waals surface area contributed by atoms with E-state index in [1.165, 1.54) is 25.7 Å². The molecule has 0 unspecified atom stereocenters. The van der Waals surface area contributed by atoms with E-state index < -0.39 is 6.09 Å². The Morgan fingerprint density at radius 2 is 2.06 bits per heavy atom. The van der Waals surface area contributed by atoms with Gasteiger partial charge >= 0.3 is 6.09 Å². The Balaban J connectivity index is 2.24. The molecule has 86 valence electrons. The highest BCUT2D eigenvalue weighted by molar-refractivity contribution is 5.91. The molecule has 0 aliphatic rings. The normalized spacial score (nSPS) is 9.31. The summed E-state index contributed by atoms with van der Waals surface area (Å²) >= 11 is 0. The highest BCUT2D eigenvalue weighted by Gasteiger charge is 2.05. The van der Waals surface area contributed by atoms with Crippen molar-refractivity contribution in [2.45, 2.75) is 0 Å². The van der Waals surface area contributed by atoms with Crippen molar-refractivity contribution in [3.05, 3.63) is 24.3 Å². The van der Waals surface area contributed by atoms with Crippen LogP contribution in [-0.2, 0) is 4.74 Å². The number of amides is 2. The number of carbonyl (C=O) groups is 2. The SMILES string of the molecule is COC(=O)NCCNC(=O)c1cnccn1. The number of nitrogens with one attached hydrogen (secondary N) is 2. The van der Waals surface area contributed by atoms with E-state index in [0.717, 1.165) is 0 Å². The van der Waals surface area contributed by atoms with Crippen molar-refractivity contribution in [3.8, 4) is 0 Å². The van der Waals surface area contributed by atoms with Crippen LogP contribution < -0.4 is 10.6 Å². The molecule has 1 aromatic rings. The summed E-state index contributed by atoms with van der Waals surface area (Å²) in [5, 5.41) is 4.99. The van der Waals surface area contributed by atoms with Crippen LogP contribution in [0.15, 0.2) is 18.6 Å². The van der Waals surface area contributed by atoms with Gasteiger partial charge in [-0.2, -0.15) is 0 Å². The minimum atomic E-state index is -0.534. The summed E-state index contributed by atoms with van der Waals surface area (Å²) in [5.41, 5.74) is 0.237. The lowest BCUT2D eigenvalue weighted by Gasteiger charge is -2.05. The molecule has 0 bridgehead atoms. The van der Waals surface area contributed by atoms with Gasteiger partial charge in [-0.1, -0.05) is 0 Å². The lowest BCUT2D eigenvalue weighted by molar-refractivity contribution is 0.0947. The number of alkyl carbamates (subject to hydrolysis) is 1. The third kappa shape index (κ3) is 3.91. The number of rotatable bonds is 4. The number of hydrogen-bond acceptors (Lipinski definition) is 5. The lowest BCUT2D eigenvalue weighted by Crippen LogP contribution is -2.34. The van der Waals surface area contributed by atoms with Gasteiger partial charge in [0.2, 0.25) is 0 Å². The van der Waals surface area contributed by atoms with Crippen LogP contribution in [-0.4, -0.2) is 42.2 Å². The highest BCUT2D eigenvalue weighted by atomic mass is 16.5. The fourth-order valence-corrected chi connectivity index (χ4v) is 0.920. The zero-order valence-corrected chi connectivity index (χ0v) is 8.77. The Hall–Kier alpha value is -2.18. The van der Waals surface area contributed by atoms with E-state index >= 15 is 0 Å². The summed E-state index contributed by atoms with van der Waals surface area (Å²) in [7, 11) is 1.27. The molecule has 0 atom stereocenters. The van der Waals surface area contributed by atoms with Gasteiger partial charge in [0.25, 0.3) is 5.91 Å². The Morgan fingerprint density at radius 1 is 1.31 bits per heavy atom. The molecule has 7 heteroatoms. The van der Waals surface area contributed by atoms with Crippen LogP contribution in [0.25, 0.3) is 0 Å². The van der Waals surface area contributed by atoms with E-state index in [0.29, 0.717) is 13.1 Å². The van der Waals surface area contributed by atoms with E-state index in [1.54, 1.807) is 0 Å². The average molecular weight is 224 g/mol. The number of carbonyl (C=O) groups excluding carboxylic acids is 2. The van der Waals surface area contributed by atoms with Gasteiger partial charge in [0, 0.05) is 25.5 Å². The predicted molar refractivity (Wildman–Crippen MR) is 54.8 cm³/mol. The van der Waals surface area contributed by atoms with E-state index in [4.69, 9.17) is 0 Å². The van der Waals surface area contributed by atoms with Crippen molar-refractivity contribution in [2.24, 2.45) is 0 Å². The minimum absolute atomic E-state index is 0.237. The fraction of sp³-hybridized carbons (Fsp3) is 0.333. The first kappa shape index (κ1) is 11.9. The van der Waals surface area contributed by atoms with Crippen LogP contribution in [0.4, 0.5) is 4.79 Å². The van der Waals surface area contributed by atoms with Crippen molar-refractivity contribution in [1.29, 1.82) is 0 Å². The lowest BCUT2D eigenvalue weighted by atomic mass is 10.4. The molecular formula is C9H12N4O3. The summed E-state index contributed by atoms with van der Waals surface area (Å²) in [6.07, 6.45) is 3.74. The zero-order chi connectivity index (χ0) is 11.8. The number of nitrogens with zero attached hydrogens (tertiary/aromatic N) is 2. The predicted octanol–water partition coefficient (Wildman–Crippen LogP) is -0.438. The van der Waals surface area contributed by atoms with Crippen molar-refractivity contribution < 1.29 is 14.3 Å². The standard InChI is InChI=1S/C9H12N4O3/c1-16-9(15)13-5-4-12-8(14)7-6-10-2-3-11-7/h2-3,6H,4-5H2,1H3,(H,12,14)(H,13,15). The van der Waals surface area contributed by atoms with Crippen LogP contribution in [0.3, 0.4) is 0 Å². The number of ether oxygens (including phenoxy) is 1. The molecule has 0 saturated carbocycles. The molecule has 1 rings (SSSR count). The van der Waals surface area contributed by atoms with Crippen molar-refractivity contribution >= 4 is 12.0 Å². The molecule has 7 nitrogen and oxygen atoms in total. The quantitative estimate of drug-likeness (QED) is 0.676. The first-order valence-corrected chi connectivity index (χ1v) is 4.60. The molecule has 2 N–H and O–H groups in total. The van der Waals surface area contributed by atoms with Gasteiger partial charge in [0.15, 0.2) is 0 Å². The zero-order valence-electron chi connectivity index (χ0n) is 8.77. The third-order valence-corrected chi connectivity index (χ3v) is 1.66. The number of aromatic nitrogens is 2. The van der Waals surface area contributed by atoms with E-state index in [2.05, 4.69) is 25.3 Å². The van der Waals surface area contributed by atoms with Gasteiger partial charge in [0.05, 0.1) is 13.3 Å². The minimum Gasteiger partial charge on any atom is -0.453 e.